The summed E-state index contributed by atoms with van der Waals surface area (Å²) in [6.07, 6.45) is 1.93. The number of nitro groups is 1. The molecule has 5 heteroatoms. The molecule has 1 unspecified atom stereocenters. The summed E-state index contributed by atoms with van der Waals surface area (Å²) in [5.41, 5.74) is 5.44. The van der Waals surface area contributed by atoms with Gasteiger partial charge in [0.1, 0.15) is 5.65 Å². The molecule has 0 saturated carbocycles. The molecule has 0 N–H and O–H groups in total. The highest BCUT2D eigenvalue weighted by molar-refractivity contribution is 5.71. The molecule has 0 aliphatic heterocycles. The summed E-state index contributed by atoms with van der Waals surface area (Å²) in [5.74, 6) is -0.395. The van der Waals surface area contributed by atoms with Crippen molar-refractivity contribution >= 4 is 5.65 Å². The van der Waals surface area contributed by atoms with Gasteiger partial charge in [0.05, 0.1) is 17.3 Å². The zero-order valence-corrected chi connectivity index (χ0v) is 14.9. The van der Waals surface area contributed by atoms with Crippen molar-refractivity contribution in [3.63, 3.8) is 0 Å². The van der Waals surface area contributed by atoms with Crippen LogP contribution in [0.4, 0.5) is 0 Å². The van der Waals surface area contributed by atoms with Gasteiger partial charge in [0, 0.05) is 16.7 Å². The molecule has 2 aromatic heterocycles. The average molecular weight is 357 g/mol. The van der Waals surface area contributed by atoms with Gasteiger partial charge in [-0.1, -0.05) is 60.7 Å². The number of nitrogens with zero attached hydrogens (tertiary/aromatic N) is 3. The SMILES string of the molecule is Cc1ccccc1-c1nc2ccccn2c1C(C[N+](=O)[O-])c1ccccc1. The van der Waals surface area contributed by atoms with Gasteiger partial charge in [-0.05, 0) is 30.2 Å². The molecule has 0 fully saturated rings. The molecule has 0 spiro atoms. The van der Waals surface area contributed by atoms with Crippen molar-refractivity contribution in [3.8, 4) is 11.3 Å². The lowest BCUT2D eigenvalue weighted by Crippen LogP contribution is -2.16. The molecule has 0 saturated heterocycles. The quantitative estimate of drug-likeness (QED) is 0.384. The molecule has 0 bridgehead atoms. The van der Waals surface area contributed by atoms with Crippen LogP contribution in [0.25, 0.3) is 16.9 Å². The molecule has 5 nitrogen and oxygen atoms in total. The highest BCUT2D eigenvalue weighted by atomic mass is 16.6. The number of aromatic nitrogens is 2. The summed E-state index contributed by atoms with van der Waals surface area (Å²) in [6.45, 7) is 1.85. The molecule has 4 rings (SSSR count). The van der Waals surface area contributed by atoms with Crippen molar-refractivity contribution in [2.24, 2.45) is 0 Å². The van der Waals surface area contributed by atoms with E-state index in [9.17, 15) is 10.1 Å². The number of fused-ring (bicyclic) bond motifs is 1. The Bertz CT molecular complexity index is 1100. The Morgan fingerprint density at radius 1 is 1.00 bits per heavy atom. The first kappa shape index (κ1) is 17.0. The number of aryl methyl sites for hydroxylation is 1. The fraction of sp³-hybridized carbons (Fsp3) is 0.136. The Balaban J connectivity index is 2.02. The van der Waals surface area contributed by atoms with Gasteiger partial charge >= 0.3 is 0 Å². The molecule has 2 heterocycles. The van der Waals surface area contributed by atoms with Gasteiger partial charge in [-0.25, -0.2) is 4.98 Å². The molecule has 0 radical (unpaired) electrons. The van der Waals surface area contributed by atoms with E-state index < -0.39 is 5.92 Å². The number of benzene rings is 2. The van der Waals surface area contributed by atoms with E-state index in [-0.39, 0.29) is 11.5 Å². The van der Waals surface area contributed by atoms with Crippen LogP contribution < -0.4 is 0 Å². The molecular formula is C22H19N3O2. The molecule has 1 atom stereocenters. The minimum Gasteiger partial charge on any atom is -0.303 e. The van der Waals surface area contributed by atoms with Crippen LogP contribution in [0, 0.1) is 17.0 Å². The van der Waals surface area contributed by atoms with E-state index in [1.807, 2.05) is 90.3 Å². The summed E-state index contributed by atoms with van der Waals surface area (Å²) in [7, 11) is 0. The Morgan fingerprint density at radius 3 is 2.44 bits per heavy atom. The van der Waals surface area contributed by atoms with Gasteiger partial charge in [0.15, 0.2) is 0 Å². The lowest BCUT2D eigenvalue weighted by Gasteiger charge is -2.16. The van der Waals surface area contributed by atoms with Crippen LogP contribution in [-0.4, -0.2) is 20.9 Å². The maximum Gasteiger partial charge on any atom is 0.216 e. The van der Waals surface area contributed by atoms with E-state index in [1.54, 1.807) is 0 Å². The number of imidazole rings is 1. The maximum absolute atomic E-state index is 11.5. The van der Waals surface area contributed by atoms with Crippen molar-refractivity contribution in [1.29, 1.82) is 0 Å². The van der Waals surface area contributed by atoms with E-state index in [2.05, 4.69) is 0 Å². The van der Waals surface area contributed by atoms with Gasteiger partial charge in [0.25, 0.3) is 0 Å². The first-order valence-corrected chi connectivity index (χ1v) is 8.85. The lowest BCUT2D eigenvalue weighted by atomic mass is 9.91. The first-order chi connectivity index (χ1) is 13.1. The van der Waals surface area contributed by atoms with Gasteiger partial charge in [-0.3, -0.25) is 10.1 Å². The first-order valence-electron chi connectivity index (χ1n) is 8.85. The third kappa shape index (κ3) is 3.19. The van der Waals surface area contributed by atoms with E-state index in [0.29, 0.717) is 0 Å². The molecule has 4 aromatic rings. The largest absolute Gasteiger partial charge is 0.303 e. The molecule has 2 aromatic carbocycles. The van der Waals surface area contributed by atoms with E-state index in [0.717, 1.165) is 33.7 Å². The van der Waals surface area contributed by atoms with Gasteiger partial charge in [-0.15, -0.1) is 0 Å². The highest BCUT2D eigenvalue weighted by Gasteiger charge is 2.28. The maximum atomic E-state index is 11.5. The number of rotatable bonds is 5. The monoisotopic (exact) mass is 357 g/mol. The second-order valence-electron chi connectivity index (χ2n) is 6.57. The predicted octanol–water partition coefficient (Wildman–Crippen LogP) is 4.72. The van der Waals surface area contributed by atoms with E-state index >= 15 is 0 Å². The predicted molar refractivity (Wildman–Crippen MR) is 106 cm³/mol. The average Bonchev–Trinajstić information content (AvgIpc) is 3.06. The fourth-order valence-electron chi connectivity index (χ4n) is 3.57. The number of hydrogen-bond donors (Lipinski definition) is 0. The van der Waals surface area contributed by atoms with E-state index in [4.69, 9.17) is 4.98 Å². The second kappa shape index (κ2) is 7.03. The van der Waals surface area contributed by atoms with Crippen molar-refractivity contribution in [2.45, 2.75) is 12.8 Å². The second-order valence-corrected chi connectivity index (χ2v) is 6.57. The third-order valence-corrected chi connectivity index (χ3v) is 4.83. The Labute approximate surface area is 157 Å². The van der Waals surface area contributed by atoms with Gasteiger partial charge in [-0.2, -0.15) is 0 Å². The summed E-state index contributed by atoms with van der Waals surface area (Å²) < 4.78 is 1.98. The Hall–Kier alpha value is -3.47. The summed E-state index contributed by atoms with van der Waals surface area (Å²) in [5, 5.41) is 11.5. The van der Waals surface area contributed by atoms with Crippen LogP contribution in [-0.2, 0) is 0 Å². The minimum atomic E-state index is -0.395. The number of pyridine rings is 1. The molecule has 0 amide bonds. The summed E-state index contributed by atoms with van der Waals surface area (Å²) >= 11 is 0. The minimum absolute atomic E-state index is 0.189. The van der Waals surface area contributed by atoms with Gasteiger partial charge in [0.2, 0.25) is 6.54 Å². The van der Waals surface area contributed by atoms with Crippen molar-refractivity contribution in [3.05, 3.63) is 106 Å². The van der Waals surface area contributed by atoms with Crippen molar-refractivity contribution < 1.29 is 4.92 Å². The van der Waals surface area contributed by atoms with Crippen LogP contribution in [0.15, 0.2) is 79.0 Å². The van der Waals surface area contributed by atoms with Gasteiger partial charge < -0.3 is 4.40 Å². The zero-order valence-electron chi connectivity index (χ0n) is 14.9. The molecule has 0 aliphatic carbocycles. The van der Waals surface area contributed by atoms with Crippen LogP contribution in [0.2, 0.25) is 0 Å². The fourth-order valence-corrected chi connectivity index (χ4v) is 3.57. The lowest BCUT2D eigenvalue weighted by molar-refractivity contribution is -0.482. The molecule has 0 aliphatic rings. The highest BCUT2D eigenvalue weighted by Crippen LogP contribution is 2.35. The normalized spacial score (nSPS) is 12.2. The van der Waals surface area contributed by atoms with Crippen LogP contribution in [0.1, 0.15) is 22.7 Å². The Kier molecular flexibility index (Phi) is 4.42. The van der Waals surface area contributed by atoms with E-state index in [1.165, 1.54) is 0 Å². The van der Waals surface area contributed by atoms with Crippen molar-refractivity contribution in [1.82, 2.24) is 9.38 Å². The van der Waals surface area contributed by atoms with Crippen LogP contribution in [0.5, 0.6) is 0 Å². The van der Waals surface area contributed by atoms with Crippen LogP contribution in [0.3, 0.4) is 0 Å². The molecule has 134 valence electrons. The molecule has 27 heavy (non-hydrogen) atoms. The van der Waals surface area contributed by atoms with Crippen LogP contribution >= 0.6 is 0 Å². The standard InChI is InChI=1S/C22H19N3O2/c1-16-9-5-6-12-18(16)21-22(24-14-8-7-13-20(24)23-21)19(15-25(26)27)17-10-3-2-4-11-17/h2-14,19H,15H2,1H3. The Morgan fingerprint density at radius 2 is 1.70 bits per heavy atom. The molecular weight excluding hydrogens is 338 g/mol. The topological polar surface area (TPSA) is 60.4 Å². The van der Waals surface area contributed by atoms with Crippen molar-refractivity contribution in [2.75, 3.05) is 6.54 Å². The number of hydrogen-bond acceptors (Lipinski definition) is 3. The smallest absolute Gasteiger partial charge is 0.216 e. The summed E-state index contributed by atoms with van der Waals surface area (Å²) in [6, 6.07) is 23.4. The third-order valence-electron chi connectivity index (χ3n) is 4.83. The summed E-state index contributed by atoms with van der Waals surface area (Å²) in [4.78, 5) is 16.1. The zero-order chi connectivity index (χ0) is 18.8.